The molecule has 0 N–H and O–H groups in total. The van der Waals surface area contributed by atoms with Crippen molar-refractivity contribution in [2.45, 2.75) is 31.4 Å². The summed E-state index contributed by atoms with van der Waals surface area (Å²) in [6.45, 7) is 6.87. The second kappa shape index (κ2) is 5.86. The van der Waals surface area contributed by atoms with E-state index in [9.17, 15) is 0 Å². The first kappa shape index (κ1) is 13.0. The van der Waals surface area contributed by atoms with Gasteiger partial charge in [0.05, 0.1) is 0 Å². The first-order chi connectivity index (χ1) is 7.01. The van der Waals surface area contributed by atoms with Crippen molar-refractivity contribution in [1.82, 2.24) is 0 Å². The fourth-order valence-corrected chi connectivity index (χ4v) is 2.75. The average molecular weight is 240 g/mol. The first-order valence-corrected chi connectivity index (χ1v) is 7.60. The van der Waals surface area contributed by atoms with Crippen LogP contribution in [0.5, 0.6) is 0 Å². The second-order valence-electron chi connectivity index (χ2n) is 4.90. The summed E-state index contributed by atoms with van der Waals surface area (Å²) in [6, 6.07) is 8.89. The lowest BCUT2D eigenvalue weighted by Gasteiger charge is -2.17. The highest BCUT2D eigenvalue weighted by molar-refractivity contribution is 7.98. The van der Waals surface area contributed by atoms with Gasteiger partial charge >= 0.3 is 0 Å². The highest BCUT2D eigenvalue weighted by Crippen LogP contribution is 2.24. The van der Waals surface area contributed by atoms with E-state index in [4.69, 9.17) is 0 Å². The summed E-state index contributed by atoms with van der Waals surface area (Å²) in [6.07, 6.45) is 2.11. The van der Waals surface area contributed by atoms with E-state index in [0.717, 1.165) is 5.75 Å². The lowest BCUT2D eigenvalue weighted by atomic mass is 10.0. The number of rotatable bonds is 4. The Labute approximate surface area is 102 Å². The molecule has 0 amide bonds. The Morgan fingerprint density at radius 3 is 2.13 bits per heavy atom. The summed E-state index contributed by atoms with van der Waals surface area (Å²) >= 11 is 3.82. The molecule has 0 saturated carbocycles. The van der Waals surface area contributed by atoms with Gasteiger partial charge in [0.25, 0.3) is 0 Å². The molecular formula is C13H20S2. The zero-order chi connectivity index (χ0) is 11.3. The Hall–Kier alpha value is -0.0800. The minimum Gasteiger partial charge on any atom is -0.157 e. The van der Waals surface area contributed by atoms with E-state index in [1.165, 1.54) is 16.2 Å². The van der Waals surface area contributed by atoms with Crippen LogP contribution >= 0.6 is 23.5 Å². The van der Waals surface area contributed by atoms with Crippen molar-refractivity contribution in [2.75, 3.05) is 12.0 Å². The van der Waals surface area contributed by atoms with Crippen LogP contribution < -0.4 is 0 Å². The van der Waals surface area contributed by atoms with Crippen molar-refractivity contribution in [3.8, 4) is 0 Å². The van der Waals surface area contributed by atoms with Gasteiger partial charge in [-0.3, -0.25) is 0 Å². The van der Waals surface area contributed by atoms with Crippen LogP contribution in [0.1, 0.15) is 26.3 Å². The van der Waals surface area contributed by atoms with E-state index in [2.05, 4.69) is 51.3 Å². The molecule has 1 aromatic rings. The number of thioether (sulfide) groups is 2. The molecule has 0 atom stereocenters. The van der Waals surface area contributed by atoms with Crippen LogP contribution in [0.25, 0.3) is 0 Å². The molecule has 0 aliphatic carbocycles. The third kappa shape index (κ3) is 5.53. The van der Waals surface area contributed by atoms with Crippen LogP contribution in [0.4, 0.5) is 0 Å². The lowest BCUT2D eigenvalue weighted by Crippen LogP contribution is -2.08. The smallest absolute Gasteiger partial charge is 0.0184 e. The molecule has 2 heteroatoms. The molecule has 84 valence electrons. The topological polar surface area (TPSA) is 0 Å². The van der Waals surface area contributed by atoms with E-state index in [0.29, 0.717) is 5.41 Å². The van der Waals surface area contributed by atoms with Gasteiger partial charge in [-0.15, -0.1) is 11.8 Å². The molecule has 0 aliphatic heterocycles. The summed E-state index contributed by atoms with van der Waals surface area (Å²) in [5.41, 5.74) is 1.87. The van der Waals surface area contributed by atoms with Gasteiger partial charge in [0, 0.05) is 10.6 Å². The van der Waals surface area contributed by atoms with E-state index in [1.807, 2.05) is 11.8 Å². The number of hydrogen-bond donors (Lipinski definition) is 0. The van der Waals surface area contributed by atoms with Gasteiger partial charge in [-0.25, -0.2) is 0 Å². The zero-order valence-corrected chi connectivity index (χ0v) is 11.7. The Morgan fingerprint density at radius 1 is 1.07 bits per heavy atom. The standard InChI is InChI=1S/C13H20S2/c1-13(2,3)10-15-9-11-5-7-12(14-4)8-6-11/h5-8H,9-10H2,1-4H3. The molecule has 0 bridgehead atoms. The minimum atomic E-state index is 0.434. The predicted octanol–water partition coefficient (Wildman–Crippen LogP) is 4.69. The Morgan fingerprint density at radius 2 is 1.67 bits per heavy atom. The Balaban J connectivity index is 2.38. The quantitative estimate of drug-likeness (QED) is 0.700. The van der Waals surface area contributed by atoms with Crippen LogP contribution in [0.2, 0.25) is 0 Å². The summed E-state index contributed by atoms with van der Waals surface area (Å²) < 4.78 is 0. The molecule has 0 aromatic heterocycles. The molecule has 0 saturated heterocycles. The van der Waals surface area contributed by atoms with E-state index >= 15 is 0 Å². The fraction of sp³-hybridized carbons (Fsp3) is 0.538. The van der Waals surface area contributed by atoms with Crippen molar-refractivity contribution in [3.05, 3.63) is 29.8 Å². The highest BCUT2D eigenvalue weighted by atomic mass is 32.2. The molecule has 0 heterocycles. The largest absolute Gasteiger partial charge is 0.157 e. The molecule has 0 aliphatic rings. The van der Waals surface area contributed by atoms with E-state index in [-0.39, 0.29) is 0 Å². The molecule has 0 spiro atoms. The van der Waals surface area contributed by atoms with Crippen LogP contribution in [0.15, 0.2) is 29.2 Å². The molecule has 0 fully saturated rings. The molecule has 1 aromatic carbocycles. The highest BCUT2D eigenvalue weighted by Gasteiger charge is 2.09. The van der Waals surface area contributed by atoms with Gasteiger partial charge in [0.1, 0.15) is 0 Å². The van der Waals surface area contributed by atoms with Crippen LogP contribution in [-0.2, 0) is 5.75 Å². The number of hydrogen-bond acceptors (Lipinski definition) is 2. The molecular weight excluding hydrogens is 220 g/mol. The van der Waals surface area contributed by atoms with Crippen LogP contribution in [0, 0.1) is 5.41 Å². The van der Waals surface area contributed by atoms with Crippen molar-refractivity contribution >= 4 is 23.5 Å². The lowest BCUT2D eigenvalue weighted by molar-refractivity contribution is 0.480. The summed E-state index contributed by atoms with van der Waals surface area (Å²) in [5, 5.41) is 0. The second-order valence-corrected chi connectivity index (χ2v) is 6.77. The molecule has 0 radical (unpaired) electrons. The normalized spacial score (nSPS) is 11.7. The Bertz CT molecular complexity index is 282. The van der Waals surface area contributed by atoms with Gasteiger partial charge in [0.15, 0.2) is 0 Å². The summed E-state index contributed by atoms with van der Waals surface area (Å²) in [7, 11) is 0. The van der Waals surface area contributed by atoms with Gasteiger partial charge in [0.2, 0.25) is 0 Å². The summed E-state index contributed by atoms with van der Waals surface area (Å²) in [4.78, 5) is 1.35. The molecule has 0 nitrogen and oxygen atoms in total. The third-order valence-electron chi connectivity index (χ3n) is 1.96. The minimum absolute atomic E-state index is 0.434. The monoisotopic (exact) mass is 240 g/mol. The van der Waals surface area contributed by atoms with Crippen molar-refractivity contribution < 1.29 is 0 Å². The van der Waals surface area contributed by atoms with Crippen LogP contribution in [0.3, 0.4) is 0 Å². The van der Waals surface area contributed by atoms with Crippen LogP contribution in [-0.4, -0.2) is 12.0 Å². The van der Waals surface area contributed by atoms with Crippen molar-refractivity contribution in [1.29, 1.82) is 0 Å². The number of benzene rings is 1. The molecule has 0 unspecified atom stereocenters. The Kier molecular flexibility index (Phi) is 5.07. The van der Waals surface area contributed by atoms with E-state index in [1.54, 1.807) is 11.8 Å². The summed E-state index contributed by atoms with van der Waals surface area (Å²) in [5.74, 6) is 2.35. The van der Waals surface area contributed by atoms with E-state index < -0.39 is 0 Å². The maximum Gasteiger partial charge on any atom is 0.0184 e. The SMILES string of the molecule is CSc1ccc(CSCC(C)(C)C)cc1. The van der Waals surface area contributed by atoms with Gasteiger partial charge in [-0.1, -0.05) is 32.9 Å². The molecule has 15 heavy (non-hydrogen) atoms. The maximum atomic E-state index is 2.29. The van der Waals surface area contributed by atoms with Crippen molar-refractivity contribution in [2.24, 2.45) is 5.41 Å². The molecule has 1 rings (SSSR count). The van der Waals surface area contributed by atoms with Crippen molar-refractivity contribution in [3.63, 3.8) is 0 Å². The third-order valence-corrected chi connectivity index (χ3v) is 4.31. The predicted molar refractivity (Wildman–Crippen MR) is 73.8 cm³/mol. The first-order valence-electron chi connectivity index (χ1n) is 5.22. The van der Waals surface area contributed by atoms with Gasteiger partial charge in [-0.05, 0) is 35.1 Å². The average Bonchev–Trinajstić information content (AvgIpc) is 2.17. The van der Waals surface area contributed by atoms with Gasteiger partial charge < -0.3 is 0 Å². The fourth-order valence-electron chi connectivity index (χ4n) is 1.20. The zero-order valence-electron chi connectivity index (χ0n) is 10.0. The van der Waals surface area contributed by atoms with Gasteiger partial charge in [-0.2, -0.15) is 11.8 Å². The maximum absolute atomic E-state index is 2.29.